The van der Waals surface area contributed by atoms with E-state index in [2.05, 4.69) is 10.3 Å². The first-order chi connectivity index (χ1) is 15.4. The molecular weight excluding hydrogens is 452 g/mol. The summed E-state index contributed by atoms with van der Waals surface area (Å²) in [5, 5.41) is 66.4. The monoisotopic (exact) mass is 476 g/mol. The number of hydrogen-bond acceptors (Lipinski definition) is 11. The number of carbonyl (C=O) groups excluding carboxylic acids is 1. The topological polar surface area (TPSA) is 201 Å². The van der Waals surface area contributed by atoms with E-state index in [4.69, 9.17) is 5.73 Å². The molecule has 2 aromatic carbocycles. The Morgan fingerprint density at radius 1 is 0.879 bits per heavy atom. The molecule has 0 bridgehead atoms. The summed E-state index contributed by atoms with van der Waals surface area (Å²) in [6.45, 7) is 0. The van der Waals surface area contributed by atoms with Gasteiger partial charge in [-0.3, -0.25) is 4.79 Å². The normalized spacial score (nSPS) is 12.5. The van der Waals surface area contributed by atoms with Crippen molar-refractivity contribution >= 4 is 28.1 Å². The van der Waals surface area contributed by atoms with E-state index in [0.717, 1.165) is 11.3 Å². The number of hydrogen-bond donors (Lipinski definition) is 9. The molecule has 0 aliphatic rings. The van der Waals surface area contributed by atoms with Crippen LogP contribution in [0.2, 0.25) is 0 Å². The van der Waals surface area contributed by atoms with Crippen LogP contribution in [0.25, 0.3) is 0 Å². The lowest BCUT2D eigenvalue weighted by Crippen LogP contribution is -2.60. The molecule has 1 heterocycles. The van der Waals surface area contributed by atoms with Crippen LogP contribution < -0.4 is 16.4 Å². The number of carbonyl (C=O) groups is 1. The number of aromatic nitrogens is 1. The third-order valence-electron chi connectivity index (χ3n) is 4.55. The molecule has 176 valence electrons. The summed E-state index contributed by atoms with van der Waals surface area (Å²) in [7, 11) is 0. The van der Waals surface area contributed by atoms with E-state index in [0.29, 0.717) is 11.1 Å². The molecule has 0 aliphatic heterocycles. The van der Waals surface area contributed by atoms with Crippen LogP contribution in [0.4, 0.5) is 10.8 Å². The zero-order chi connectivity index (χ0) is 24.3. The SMILES string of the molecule is Nc1nc(C(O)(O)C(=O)Nc2ccc(CC(O)(O)NC(O)(O)Cc3ccccc3)cc2)cs1. The lowest BCUT2D eigenvalue weighted by Gasteiger charge is -2.32. The molecule has 1 amide bonds. The van der Waals surface area contributed by atoms with Gasteiger partial charge in [-0.15, -0.1) is 11.3 Å². The van der Waals surface area contributed by atoms with Crippen molar-refractivity contribution in [3.63, 3.8) is 0 Å². The van der Waals surface area contributed by atoms with Gasteiger partial charge in [-0.2, -0.15) is 0 Å². The van der Waals surface area contributed by atoms with Crippen molar-refractivity contribution in [1.29, 1.82) is 0 Å². The fraction of sp³-hybridized carbons (Fsp3) is 0.238. The van der Waals surface area contributed by atoms with Gasteiger partial charge in [0, 0.05) is 23.9 Å². The molecule has 12 heteroatoms. The molecule has 0 aliphatic carbocycles. The van der Waals surface area contributed by atoms with E-state index in [1.807, 2.05) is 5.32 Å². The summed E-state index contributed by atoms with van der Waals surface area (Å²) < 4.78 is 0. The summed E-state index contributed by atoms with van der Waals surface area (Å²) in [4.78, 5) is 15.9. The lowest BCUT2D eigenvalue weighted by atomic mass is 10.1. The Labute approximate surface area is 192 Å². The van der Waals surface area contributed by atoms with Crippen molar-refractivity contribution in [3.05, 3.63) is 76.8 Å². The molecule has 1 aromatic heterocycles. The smallest absolute Gasteiger partial charge is 0.291 e. The number of anilines is 2. The maximum atomic E-state index is 12.2. The summed E-state index contributed by atoms with van der Waals surface area (Å²) in [6, 6.07) is 14.1. The van der Waals surface area contributed by atoms with E-state index in [1.54, 1.807) is 30.3 Å². The number of amides is 1. The highest BCUT2D eigenvalue weighted by molar-refractivity contribution is 7.13. The van der Waals surface area contributed by atoms with Crippen molar-refractivity contribution in [3.8, 4) is 0 Å². The summed E-state index contributed by atoms with van der Waals surface area (Å²) in [6.07, 6.45) is -0.725. The maximum absolute atomic E-state index is 12.2. The third kappa shape index (κ3) is 6.77. The van der Waals surface area contributed by atoms with Gasteiger partial charge in [0.15, 0.2) is 5.13 Å². The molecule has 0 saturated heterocycles. The Morgan fingerprint density at radius 3 is 1.94 bits per heavy atom. The first-order valence-electron chi connectivity index (χ1n) is 9.66. The lowest BCUT2D eigenvalue weighted by molar-refractivity contribution is -0.284. The van der Waals surface area contributed by atoms with Crippen molar-refractivity contribution in [2.75, 3.05) is 11.1 Å². The van der Waals surface area contributed by atoms with Gasteiger partial charge < -0.3 is 41.7 Å². The summed E-state index contributed by atoms with van der Waals surface area (Å²) in [5.41, 5.74) is 6.26. The molecule has 3 rings (SSSR count). The predicted molar refractivity (Wildman–Crippen MR) is 119 cm³/mol. The number of thiazole rings is 1. The van der Waals surface area contributed by atoms with Crippen molar-refractivity contribution in [1.82, 2.24) is 10.3 Å². The van der Waals surface area contributed by atoms with E-state index in [1.165, 1.54) is 29.6 Å². The van der Waals surface area contributed by atoms with Gasteiger partial charge in [0.2, 0.25) is 11.8 Å². The van der Waals surface area contributed by atoms with Crippen LogP contribution in [-0.2, 0) is 23.4 Å². The van der Waals surface area contributed by atoms with E-state index < -0.39 is 29.9 Å². The predicted octanol–water partition coefficient (Wildman–Crippen LogP) is -0.847. The van der Waals surface area contributed by atoms with Crippen LogP contribution in [0.15, 0.2) is 60.0 Å². The molecule has 0 saturated carbocycles. The molecule has 0 atom stereocenters. The molecular formula is C21H24N4O7S. The number of nitrogens with zero attached hydrogens (tertiary/aromatic N) is 1. The van der Waals surface area contributed by atoms with Crippen molar-refractivity contribution < 1.29 is 35.4 Å². The van der Waals surface area contributed by atoms with Gasteiger partial charge in [0.25, 0.3) is 11.7 Å². The molecule has 0 spiro atoms. The highest BCUT2D eigenvalue weighted by Gasteiger charge is 2.38. The number of benzene rings is 2. The second kappa shape index (κ2) is 9.51. The van der Waals surface area contributed by atoms with Gasteiger partial charge in [-0.05, 0) is 23.3 Å². The maximum Gasteiger partial charge on any atom is 0.291 e. The zero-order valence-corrected chi connectivity index (χ0v) is 18.0. The average Bonchev–Trinajstić information content (AvgIpc) is 3.16. The van der Waals surface area contributed by atoms with Gasteiger partial charge in [-0.1, -0.05) is 42.5 Å². The number of aliphatic hydroxyl groups is 6. The van der Waals surface area contributed by atoms with Gasteiger partial charge in [0.05, 0.1) is 0 Å². The Kier molecular flexibility index (Phi) is 7.11. The molecule has 11 nitrogen and oxygen atoms in total. The van der Waals surface area contributed by atoms with E-state index in [-0.39, 0.29) is 22.9 Å². The largest absolute Gasteiger partial charge is 0.375 e. The molecule has 0 radical (unpaired) electrons. The van der Waals surface area contributed by atoms with Crippen LogP contribution >= 0.6 is 11.3 Å². The molecule has 10 N–H and O–H groups in total. The second-order valence-electron chi connectivity index (χ2n) is 7.49. The van der Waals surface area contributed by atoms with Crippen molar-refractivity contribution in [2.24, 2.45) is 0 Å². The average molecular weight is 477 g/mol. The van der Waals surface area contributed by atoms with E-state index >= 15 is 0 Å². The van der Waals surface area contributed by atoms with E-state index in [9.17, 15) is 35.4 Å². The summed E-state index contributed by atoms with van der Waals surface area (Å²) >= 11 is 0.944. The zero-order valence-electron chi connectivity index (χ0n) is 17.2. The Hall–Kier alpha value is -2.94. The molecule has 3 aromatic rings. The van der Waals surface area contributed by atoms with Crippen LogP contribution in [0, 0.1) is 0 Å². The van der Waals surface area contributed by atoms with Crippen LogP contribution in [0.1, 0.15) is 16.8 Å². The van der Waals surface area contributed by atoms with Gasteiger partial charge in [0.1, 0.15) is 5.69 Å². The number of nitrogens with one attached hydrogen (secondary N) is 2. The fourth-order valence-electron chi connectivity index (χ4n) is 3.06. The fourth-order valence-corrected chi connectivity index (χ4v) is 3.66. The minimum atomic E-state index is -2.90. The third-order valence-corrected chi connectivity index (χ3v) is 5.23. The van der Waals surface area contributed by atoms with Crippen LogP contribution in [0.5, 0.6) is 0 Å². The highest BCUT2D eigenvalue weighted by atomic mass is 32.1. The number of nitrogens with two attached hydrogens (primary N) is 1. The van der Waals surface area contributed by atoms with Gasteiger partial charge in [-0.25, -0.2) is 10.3 Å². The number of nitrogen functional groups attached to an aromatic ring is 1. The highest BCUT2D eigenvalue weighted by Crippen LogP contribution is 2.24. The molecule has 33 heavy (non-hydrogen) atoms. The Bertz CT molecular complexity index is 1090. The Balaban J connectivity index is 1.60. The minimum Gasteiger partial charge on any atom is -0.375 e. The van der Waals surface area contributed by atoms with Crippen LogP contribution in [-0.4, -0.2) is 53.4 Å². The minimum absolute atomic E-state index is 0.0678. The molecule has 0 fully saturated rings. The number of rotatable bonds is 9. The standard InChI is InChI=1S/C21H24N4O7S/c22-18-24-16(12-33-18)21(31,32)17(26)23-15-8-6-14(7-9-15)11-20(29,30)25-19(27,28)10-13-4-2-1-3-5-13/h1-9,12,25,27-32H,10-11H2,(H2,22,24)(H,23,26). The first kappa shape index (κ1) is 24.7. The van der Waals surface area contributed by atoms with Crippen LogP contribution in [0.3, 0.4) is 0 Å². The van der Waals surface area contributed by atoms with Crippen molar-refractivity contribution in [2.45, 2.75) is 30.5 Å². The molecule has 0 unspecified atom stereocenters. The second-order valence-corrected chi connectivity index (χ2v) is 8.38. The van der Waals surface area contributed by atoms with Gasteiger partial charge >= 0.3 is 0 Å². The Morgan fingerprint density at radius 2 is 1.42 bits per heavy atom. The quantitative estimate of drug-likeness (QED) is 0.175. The first-order valence-corrected chi connectivity index (χ1v) is 10.5. The summed E-state index contributed by atoms with van der Waals surface area (Å²) in [5.74, 6) is -9.32.